The number of benzene rings is 2. The van der Waals surface area contributed by atoms with Gasteiger partial charge in [0.05, 0.1) is 0 Å². The van der Waals surface area contributed by atoms with Crippen LogP contribution in [0.2, 0.25) is 5.02 Å². The van der Waals surface area contributed by atoms with Gasteiger partial charge in [-0.25, -0.2) is 0 Å². The third kappa shape index (κ3) is 5.34. The minimum Gasteiger partial charge on any atom is -0.489 e. The van der Waals surface area contributed by atoms with Crippen molar-refractivity contribution >= 4 is 27.5 Å². The maximum Gasteiger partial charge on any atom is 0.124 e. The van der Waals surface area contributed by atoms with Crippen molar-refractivity contribution < 1.29 is 4.74 Å². The maximum absolute atomic E-state index is 6.08. The van der Waals surface area contributed by atoms with Gasteiger partial charge in [0.25, 0.3) is 0 Å². The lowest BCUT2D eigenvalue weighted by molar-refractivity contribution is 0.302. The summed E-state index contributed by atoms with van der Waals surface area (Å²) in [5, 5.41) is 4.12. The van der Waals surface area contributed by atoms with Crippen LogP contribution in [0.5, 0.6) is 5.75 Å². The number of nitrogens with one attached hydrogen (secondary N) is 1. The Kier molecular flexibility index (Phi) is 6.55. The fourth-order valence-electron chi connectivity index (χ4n) is 1.97. The summed E-state index contributed by atoms with van der Waals surface area (Å²) in [7, 11) is 0. The second-order valence-electron chi connectivity index (χ2n) is 4.84. The second-order valence-corrected chi connectivity index (χ2v) is 6.20. The Bertz CT molecular complexity index is 572. The summed E-state index contributed by atoms with van der Waals surface area (Å²) < 4.78 is 7.01. The van der Waals surface area contributed by atoms with E-state index in [9.17, 15) is 0 Å². The van der Waals surface area contributed by atoms with E-state index in [1.165, 1.54) is 0 Å². The summed E-state index contributed by atoms with van der Waals surface area (Å²) in [6.07, 6.45) is 1.11. The van der Waals surface area contributed by atoms with Gasteiger partial charge in [-0.15, -0.1) is 0 Å². The average Bonchev–Trinajstić information content (AvgIpc) is 2.48. The third-order valence-corrected chi connectivity index (χ3v) is 3.84. The van der Waals surface area contributed by atoms with Crippen LogP contribution in [-0.4, -0.2) is 6.54 Å². The Balaban J connectivity index is 2.02. The van der Waals surface area contributed by atoms with Crippen LogP contribution in [0.25, 0.3) is 0 Å². The zero-order chi connectivity index (χ0) is 15.1. The van der Waals surface area contributed by atoms with Crippen LogP contribution in [0.1, 0.15) is 24.5 Å². The molecule has 0 amide bonds. The first-order valence-corrected chi connectivity index (χ1v) is 8.22. The molecule has 0 aromatic heterocycles. The van der Waals surface area contributed by atoms with E-state index in [-0.39, 0.29) is 0 Å². The number of ether oxygens (including phenoxy) is 1. The van der Waals surface area contributed by atoms with Gasteiger partial charge in [0.15, 0.2) is 0 Å². The van der Waals surface area contributed by atoms with E-state index < -0.39 is 0 Å². The van der Waals surface area contributed by atoms with E-state index >= 15 is 0 Å². The smallest absolute Gasteiger partial charge is 0.124 e. The van der Waals surface area contributed by atoms with E-state index in [2.05, 4.69) is 40.3 Å². The largest absolute Gasteiger partial charge is 0.489 e. The number of hydrogen-bond donors (Lipinski definition) is 1. The summed E-state index contributed by atoms with van der Waals surface area (Å²) in [5.74, 6) is 0.880. The highest BCUT2D eigenvalue weighted by atomic mass is 79.9. The van der Waals surface area contributed by atoms with Gasteiger partial charge in [0.1, 0.15) is 12.4 Å². The van der Waals surface area contributed by atoms with Gasteiger partial charge in [0.2, 0.25) is 0 Å². The molecule has 2 nitrogen and oxygen atoms in total. The molecule has 112 valence electrons. The minimum atomic E-state index is 0.551. The Morgan fingerprint density at radius 3 is 2.62 bits per heavy atom. The van der Waals surface area contributed by atoms with Crippen LogP contribution in [0.4, 0.5) is 0 Å². The maximum atomic E-state index is 6.08. The van der Waals surface area contributed by atoms with Crippen molar-refractivity contribution in [2.45, 2.75) is 26.5 Å². The van der Waals surface area contributed by atoms with Gasteiger partial charge < -0.3 is 10.1 Å². The number of hydrogen-bond acceptors (Lipinski definition) is 2. The highest BCUT2D eigenvalue weighted by Crippen LogP contribution is 2.24. The summed E-state index contributed by atoms with van der Waals surface area (Å²) in [6, 6.07) is 13.9. The first kappa shape index (κ1) is 16.3. The topological polar surface area (TPSA) is 21.3 Å². The SMILES string of the molecule is CCCNCc1cc(Cl)ccc1OCc1ccc(Br)cc1. The molecule has 0 radical (unpaired) electrons. The number of halogens is 2. The molecule has 0 unspecified atom stereocenters. The number of rotatable bonds is 7. The molecule has 4 heteroatoms. The van der Waals surface area contributed by atoms with Crippen molar-refractivity contribution in [3.8, 4) is 5.75 Å². The molecule has 2 aromatic rings. The molecule has 2 aromatic carbocycles. The molecular weight excluding hydrogens is 350 g/mol. The van der Waals surface area contributed by atoms with Gasteiger partial charge >= 0.3 is 0 Å². The van der Waals surface area contributed by atoms with Crippen molar-refractivity contribution in [1.29, 1.82) is 0 Å². The van der Waals surface area contributed by atoms with Crippen molar-refractivity contribution in [1.82, 2.24) is 5.32 Å². The van der Waals surface area contributed by atoms with E-state index in [1.807, 2.05) is 30.3 Å². The summed E-state index contributed by atoms with van der Waals surface area (Å²) in [6.45, 7) is 4.45. The molecule has 0 fully saturated rings. The van der Waals surface area contributed by atoms with E-state index in [0.29, 0.717) is 6.61 Å². The molecule has 0 saturated heterocycles. The van der Waals surface area contributed by atoms with Crippen LogP contribution in [0.3, 0.4) is 0 Å². The molecule has 0 bridgehead atoms. The lowest BCUT2D eigenvalue weighted by Crippen LogP contribution is -2.14. The zero-order valence-corrected chi connectivity index (χ0v) is 14.4. The van der Waals surface area contributed by atoms with Gasteiger partial charge in [0, 0.05) is 21.6 Å². The van der Waals surface area contributed by atoms with Gasteiger partial charge in [-0.3, -0.25) is 0 Å². The molecular formula is C17H19BrClNO. The average molecular weight is 369 g/mol. The molecule has 0 atom stereocenters. The van der Waals surface area contributed by atoms with Crippen LogP contribution < -0.4 is 10.1 Å². The summed E-state index contributed by atoms with van der Waals surface area (Å²) in [4.78, 5) is 0. The molecule has 2 rings (SSSR count). The van der Waals surface area contributed by atoms with E-state index in [1.54, 1.807) is 0 Å². The van der Waals surface area contributed by atoms with E-state index in [0.717, 1.165) is 45.9 Å². The standard InChI is InChI=1S/C17H19BrClNO/c1-2-9-20-11-14-10-16(19)7-8-17(14)21-12-13-3-5-15(18)6-4-13/h3-8,10,20H,2,9,11-12H2,1H3. The molecule has 21 heavy (non-hydrogen) atoms. The molecule has 0 aliphatic carbocycles. The normalized spacial score (nSPS) is 10.6. The van der Waals surface area contributed by atoms with Crippen LogP contribution in [0, 0.1) is 0 Å². The first-order valence-electron chi connectivity index (χ1n) is 7.05. The molecule has 0 aliphatic heterocycles. The Hall–Kier alpha value is -1.03. The van der Waals surface area contributed by atoms with Crippen molar-refractivity contribution in [3.63, 3.8) is 0 Å². The van der Waals surface area contributed by atoms with Gasteiger partial charge in [-0.1, -0.05) is 46.6 Å². The highest BCUT2D eigenvalue weighted by molar-refractivity contribution is 9.10. The van der Waals surface area contributed by atoms with Crippen LogP contribution in [-0.2, 0) is 13.2 Å². The fraction of sp³-hybridized carbons (Fsp3) is 0.294. The highest BCUT2D eigenvalue weighted by Gasteiger charge is 2.05. The molecule has 0 heterocycles. The molecule has 0 spiro atoms. The van der Waals surface area contributed by atoms with Crippen LogP contribution >= 0.6 is 27.5 Å². The van der Waals surface area contributed by atoms with Crippen molar-refractivity contribution in [2.75, 3.05) is 6.54 Å². The third-order valence-electron chi connectivity index (χ3n) is 3.07. The Morgan fingerprint density at radius 1 is 1.14 bits per heavy atom. The quantitative estimate of drug-likeness (QED) is 0.680. The van der Waals surface area contributed by atoms with Crippen molar-refractivity contribution in [2.24, 2.45) is 0 Å². The lowest BCUT2D eigenvalue weighted by Gasteiger charge is -2.13. The van der Waals surface area contributed by atoms with Gasteiger partial charge in [-0.2, -0.15) is 0 Å². The van der Waals surface area contributed by atoms with Crippen LogP contribution in [0.15, 0.2) is 46.9 Å². The van der Waals surface area contributed by atoms with Gasteiger partial charge in [-0.05, 0) is 48.9 Å². The molecule has 0 saturated carbocycles. The van der Waals surface area contributed by atoms with E-state index in [4.69, 9.17) is 16.3 Å². The Morgan fingerprint density at radius 2 is 1.90 bits per heavy atom. The Labute approximate surface area is 139 Å². The van der Waals surface area contributed by atoms with Crippen molar-refractivity contribution in [3.05, 3.63) is 63.1 Å². The predicted octanol–water partition coefficient (Wildman–Crippen LogP) is 5.18. The fourth-order valence-corrected chi connectivity index (χ4v) is 2.43. The minimum absolute atomic E-state index is 0.551. The summed E-state index contributed by atoms with van der Waals surface area (Å²) in [5.41, 5.74) is 2.23. The zero-order valence-electron chi connectivity index (χ0n) is 12.0. The second kappa shape index (κ2) is 8.42. The lowest BCUT2D eigenvalue weighted by atomic mass is 10.2. The first-order chi connectivity index (χ1) is 10.2. The summed E-state index contributed by atoms with van der Waals surface area (Å²) >= 11 is 9.51. The molecule has 1 N–H and O–H groups in total. The molecule has 0 aliphatic rings. The predicted molar refractivity (Wildman–Crippen MR) is 91.9 cm³/mol. The monoisotopic (exact) mass is 367 g/mol.